The highest BCUT2D eigenvalue weighted by molar-refractivity contribution is 8.05. The van der Waals surface area contributed by atoms with Crippen LogP contribution in [-0.2, 0) is 29.5 Å². The molecule has 0 rings (SSSR count). The van der Waals surface area contributed by atoms with Gasteiger partial charge in [0, 0.05) is 13.2 Å². The number of nitrogens with one attached hydrogen (secondary N) is 1. The van der Waals surface area contributed by atoms with E-state index in [4.69, 9.17) is 0 Å². The standard InChI is InChI=1S/C8H15F4NO6S2/c1-3-18-5-7(9,10)20(14,15)13-21(16,17)8(11,12)6-19-4-2/h13H,3-6H2,1-2H3. The molecule has 0 aromatic carbocycles. The first kappa shape index (κ1) is 20.5. The SMILES string of the molecule is CCOCC(F)(F)S(=O)(=O)NS(=O)(=O)C(F)(F)COCC. The molecule has 0 unspecified atom stereocenters. The van der Waals surface area contributed by atoms with Crippen molar-refractivity contribution in [3.8, 4) is 0 Å². The van der Waals surface area contributed by atoms with E-state index in [1.165, 1.54) is 13.8 Å². The highest BCUT2D eigenvalue weighted by atomic mass is 32.3. The number of sulfonamides is 2. The minimum absolute atomic E-state index is 0.279. The first-order valence-corrected chi connectivity index (χ1v) is 8.48. The van der Waals surface area contributed by atoms with E-state index in [0.717, 1.165) is 0 Å². The van der Waals surface area contributed by atoms with Gasteiger partial charge in [-0.1, -0.05) is 4.13 Å². The molecule has 0 radical (unpaired) electrons. The van der Waals surface area contributed by atoms with Crippen LogP contribution in [0.1, 0.15) is 13.8 Å². The van der Waals surface area contributed by atoms with Crippen LogP contribution < -0.4 is 4.13 Å². The molecule has 0 amide bonds. The summed E-state index contributed by atoms with van der Waals surface area (Å²) in [6.07, 6.45) is 0. The molecule has 13 heteroatoms. The lowest BCUT2D eigenvalue weighted by molar-refractivity contribution is -0.0142. The average Bonchev–Trinajstić information content (AvgIpc) is 2.32. The van der Waals surface area contributed by atoms with Crippen LogP contribution in [0.2, 0.25) is 0 Å². The molecule has 0 fully saturated rings. The third-order valence-corrected chi connectivity index (χ3v) is 5.52. The van der Waals surface area contributed by atoms with Crippen LogP contribution in [0.5, 0.6) is 0 Å². The van der Waals surface area contributed by atoms with Gasteiger partial charge in [-0.25, -0.2) is 16.8 Å². The van der Waals surface area contributed by atoms with E-state index in [1.54, 1.807) is 0 Å². The predicted octanol–water partition coefficient (Wildman–Crippen LogP) is 0.494. The Morgan fingerprint density at radius 3 is 1.33 bits per heavy atom. The second-order valence-corrected chi connectivity index (χ2v) is 7.51. The Morgan fingerprint density at radius 1 is 0.810 bits per heavy atom. The molecule has 1 N–H and O–H groups in total. The minimum atomic E-state index is -5.93. The molecule has 0 aliphatic heterocycles. The average molecular weight is 361 g/mol. The van der Waals surface area contributed by atoms with Gasteiger partial charge in [0.2, 0.25) is 0 Å². The maximum absolute atomic E-state index is 13.2. The molecule has 21 heavy (non-hydrogen) atoms. The summed E-state index contributed by atoms with van der Waals surface area (Å²) in [7, 11) is -11.9. The Bertz CT molecular complexity index is 485. The van der Waals surface area contributed by atoms with Gasteiger partial charge < -0.3 is 9.47 Å². The van der Waals surface area contributed by atoms with E-state index >= 15 is 0 Å². The molecule has 0 atom stereocenters. The van der Waals surface area contributed by atoms with E-state index in [-0.39, 0.29) is 13.2 Å². The van der Waals surface area contributed by atoms with Crippen molar-refractivity contribution < 1.29 is 43.9 Å². The molecule has 0 heterocycles. The monoisotopic (exact) mass is 361 g/mol. The smallest absolute Gasteiger partial charge is 0.374 e. The summed E-state index contributed by atoms with van der Waals surface area (Å²) in [6, 6.07) is 0. The Hall–Kier alpha value is -0.500. The summed E-state index contributed by atoms with van der Waals surface area (Å²) in [4.78, 5) is 0. The molecule has 0 aromatic rings. The van der Waals surface area contributed by atoms with Crippen molar-refractivity contribution in [1.82, 2.24) is 4.13 Å². The van der Waals surface area contributed by atoms with Crippen molar-refractivity contribution in [1.29, 1.82) is 0 Å². The van der Waals surface area contributed by atoms with Crippen molar-refractivity contribution in [3.05, 3.63) is 0 Å². The molecule has 128 valence electrons. The molecular formula is C8H15F4NO6S2. The third kappa shape index (κ3) is 5.32. The van der Waals surface area contributed by atoms with Gasteiger partial charge in [0.25, 0.3) is 20.0 Å². The Kier molecular flexibility index (Phi) is 7.00. The lowest BCUT2D eigenvalue weighted by Gasteiger charge is -2.20. The van der Waals surface area contributed by atoms with Crippen LogP contribution in [-0.4, -0.2) is 53.8 Å². The normalized spacial score (nSPS) is 14.4. The van der Waals surface area contributed by atoms with Gasteiger partial charge in [0.15, 0.2) is 0 Å². The molecule has 0 aliphatic carbocycles. The second kappa shape index (κ2) is 7.17. The number of ether oxygens (including phenoxy) is 2. The van der Waals surface area contributed by atoms with Crippen LogP contribution in [0.15, 0.2) is 0 Å². The molecule has 0 bridgehead atoms. The topological polar surface area (TPSA) is 98.8 Å². The van der Waals surface area contributed by atoms with Crippen molar-refractivity contribution in [2.24, 2.45) is 0 Å². The fourth-order valence-electron chi connectivity index (χ4n) is 0.863. The first-order chi connectivity index (χ1) is 9.33. The van der Waals surface area contributed by atoms with Gasteiger partial charge in [-0.15, -0.1) is 0 Å². The van der Waals surface area contributed by atoms with Crippen molar-refractivity contribution in [3.63, 3.8) is 0 Å². The van der Waals surface area contributed by atoms with Crippen molar-refractivity contribution in [2.75, 3.05) is 26.4 Å². The number of hydrogen-bond acceptors (Lipinski definition) is 6. The van der Waals surface area contributed by atoms with Crippen LogP contribution in [0.25, 0.3) is 0 Å². The summed E-state index contributed by atoms with van der Waals surface area (Å²) < 4.78 is 106. The maximum atomic E-state index is 13.2. The van der Waals surface area contributed by atoms with Gasteiger partial charge in [0.1, 0.15) is 13.2 Å². The molecule has 0 saturated carbocycles. The van der Waals surface area contributed by atoms with Crippen LogP contribution >= 0.6 is 0 Å². The van der Waals surface area contributed by atoms with Gasteiger partial charge in [-0.2, -0.15) is 17.6 Å². The maximum Gasteiger partial charge on any atom is 0.382 e. The summed E-state index contributed by atoms with van der Waals surface area (Å²) in [6.45, 7) is -1.35. The zero-order valence-corrected chi connectivity index (χ0v) is 12.7. The van der Waals surface area contributed by atoms with E-state index in [9.17, 15) is 34.4 Å². The minimum Gasteiger partial charge on any atom is -0.374 e. The summed E-state index contributed by atoms with van der Waals surface area (Å²) in [5.74, 6) is 0. The fraction of sp³-hybridized carbons (Fsp3) is 1.00. The van der Waals surface area contributed by atoms with Gasteiger partial charge in [-0.3, -0.25) is 0 Å². The third-order valence-electron chi connectivity index (χ3n) is 1.95. The molecule has 0 aliphatic rings. The predicted molar refractivity (Wildman–Crippen MR) is 63.9 cm³/mol. The Labute approximate surface area is 119 Å². The molecule has 0 spiro atoms. The van der Waals surface area contributed by atoms with Crippen LogP contribution in [0.4, 0.5) is 17.6 Å². The van der Waals surface area contributed by atoms with E-state index < -0.39 is 43.8 Å². The zero-order valence-electron chi connectivity index (χ0n) is 11.1. The lowest BCUT2D eigenvalue weighted by Crippen LogP contribution is -2.51. The Balaban J connectivity index is 5.25. The first-order valence-electron chi connectivity index (χ1n) is 5.52. The Morgan fingerprint density at radius 2 is 1.10 bits per heavy atom. The number of hydrogen-bond donors (Lipinski definition) is 1. The zero-order chi connectivity index (χ0) is 16.9. The van der Waals surface area contributed by atoms with Crippen LogP contribution in [0, 0.1) is 0 Å². The molecular weight excluding hydrogens is 346 g/mol. The van der Waals surface area contributed by atoms with Gasteiger partial charge in [0.05, 0.1) is 0 Å². The summed E-state index contributed by atoms with van der Waals surface area (Å²) in [5.41, 5.74) is 0. The highest BCUT2D eigenvalue weighted by Crippen LogP contribution is 2.26. The fourth-order valence-corrected chi connectivity index (χ4v) is 3.47. The van der Waals surface area contributed by atoms with Gasteiger partial charge >= 0.3 is 10.5 Å². The lowest BCUT2D eigenvalue weighted by atomic mass is 10.7. The number of rotatable bonds is 10. The quantitative estimate of drug-likeness (QED) is 0.569. The second-order valence-electron chi connectivity index (χ2n) is 3.64. The van der Waals surface area contributed by atoms with Crippen LogP contribution in [0.3, 0.4) is 0 Å². The number of alkyl halides is 4. The molecule has 7 nitrogen and oxygen atoms in total. The highest BCUT2D eigenvalue weighted by Gasteiger charge is 2.54. The van der Waals surface area contributed by atoms with E-state index in [2.05, 4.69) is 9.47 Å². The number of halogens is 4. The molecule has 0 aromatic heterocycles. The summed E-state index contributed by atoms with van der Waals surface area (Å²) in [5, 5.41) is -9.39. The molecule has 0 saturated heterocycles. The van der Waals surface area contributed by atoms with E-state index in [0.29, 0.717) is 4.13 Å². The van der Waals surface area contributed by atoms with Crippen molar-refractivity contribution >= 4 is 20.0 Å². The summed E-state index contributed by atoms with van der Waals surface area (Å²) >= 11 is 0. The van der Waals surface area contributed by atoms with Crippen molar-refractivity contribution in [2.45, 2.75) is 24.4 Å². The van der Waals surface area contributed by atoms with E-state index in [1.807, 2.05) is 0 Å². The largest absolute Gasteiger partial charge is 0.382 e. The van der Waals surface area contributed by atoms with Gasteiger partial charge in [-0.05, 0) is 13.8 Å².